The molecule has 0 saturated carbocycles. The van der Waals surface area contributed by atoms with E-state index in [1.165, 1.54) is 12.1 Å². The molecular formula is C10H9N3O3. The molecule has 0 spiro atoms. The molecule has 16 heavy (non-hydrogen) atoms. The Hall–Kier alpha value is -2.42. The van der Waals surface area contributed by atoms with Crippen LogP contribution in [0, 0.1) is 28.4 Å². The van der Waals surface area contributed by atoms with Gasteiger partial charge in [-0.3, -0.25) is 14.9 Å². The average Bonchev–Trinajstić information content (AvgIpc) is 2.21. The summed E-state index contributed by atoms with van der Waals surface area (Å²) in [7, 11) is 0. The third kappa shape index (κ3) is 2.78. The Bertz CT molecular complexity index is 477. The summed E-state index contributed by atoms with van der Waals surface area (Å²) < 4.78 is 0. The van der Waals surface area contributed by atoms with Crippen molar-refractivity contribution >= 4 is 17.3 Å². The molecule has 1 N–H and O–H groups in total. The minimum absolute atomic E-state index is 0.0992. The third-order valence-corrected chi connectivity index (χ3v) is 1.95. The number of nitrogens with zero attached hydrogens (tertiary/aromatic N) is 2. The number of rotatable bonds is 3. The first-order valence-corrected chi connectivity index (χ1v) is 4.46. The molecule has 6 nitrogen and oxygen atoms in total. The van der Waals surface area contributed by atoms with Crippen LogP contribution in [0.4, 0.5) is 11.4 Å². The molecule has 0 atom stereocenters. The monoisotopic (exact) mass is 219 g/mol. The van der Waals surface area contributed by atoms with Crippen molar-refractivity contribution in [1.29, 1.82) is 5.26 Å². The molecule has 1 aromatic rings. The molecule has 0 bridgehead atoms. The number of carbonyl (C=O) groups is 1. The average molecular weight is 219 g/mol. The summed E-state index contributed by atoms with van der Waals surface area (Å²) in [4.78, 5) is 21.1. The van der Waals surface area contributed by atoms with Crippen molar-refractivity contribution in [2.75, 3.05) is 5.32 Å². The van der Waals surface area contributed by atoms with Gasteiger partial charge in [0.15, 0.2) is 0 Å². The zero-order valence-electron chi connectivity index (χ0n) is 8.56. The van der Waals surface area contributed by atoms with E-state index in [-0.39, 0.29) is 12.1 Å². The number of benzene rings is 1. The number of carbonyl (C=O) groups excluding carboxylic acids is 1. The van der Waals surface area contributed by atoms with Gasteiger partial charge in [-0.1, -0.05) is 6.07 Å². The highest BCUT2D eigenvalue weighted by atomic mass is 16.6. The zero-order chi connectivity index (χ0) is 12.1. The Balaban J connectivity index is 2.95. The van der Waals surface area contributed by atoms with E-state index in [0.29, 0.717) is 11.3 Å². The molecule has 0 aromatic heterocycles. The highest BCUT2D eigenvalue weighted by Gasteiger charge is 2.10. The number of aryl methyl sites for hydroxylation is 1. The molecule has 0 aliphatic carbocycles. The van der Waals surface area contributed by atoms with E-state index in [1.807, 2.05) is 0 Å². The van der Waals surface area contributed by atoms with E-state index >= 15 is 0 Å². The Morgan fingerprint density at radius 2 is 2.31 bits per heavy atom. The van der Waals surface area contributed by atoms with Gasteiger partial charge in [0.2, 0.25) is 5.91 Å². The number of hydrogen-bond donors (Lipinski definition) is 1. The van der Waals surface area contributed by atoms with Crippen LogP contribution in [0.15, 0.2) is 18.2 Å². The van der Waals surface area contributed by atoms with E-state index in [0.717, 1.165) is 0 Å². The van der Waals surface area contributed by atoms with E-state index in [1.54, 1.807) is 19.1 Å². The maximum Gasteiger partial charge on any atom is 0.271 e. The first kappa shape index (κ1) is 11.7. The van der Waals surface area contributed by atoms with Crippen LogP contribution in [0.3, 0.4) is 0 Å². The standard InChI is InChI=1S/C10H9N3O3/c1-7-2-3-8(13(15)16)6-9(7)12-10(14)4-5-11/h2-3,6H,4H2,1H3,(H,12,14). The van der Waals surface area contributed by atoms with Gasteiger partial charge in [0.1, 0.15) is 6.42 Å². The third-order valence-electron chi connectivity index (χ3n) is 1.95. The van der Waals surface area contributed by atoms with Gasteiger partial charge in [-0.2, -0.15) is 5.26 Å². The topological polar surface area (TPSA) is 96.0 Å². The molecule has 82 valence electrons. The van der Waals surface area contributed by atoms with Crippen molar-refractivity contribution in [3.05, 3.63) is 33.9 Å². The molecule has 0 aliphatic rings. The first-order chi connectivity index (χ1) is 7.54. The zero-order valence-corrected chi connectivity index (χ0v) is 8.56. The molecule has 6 heteroatoms. The van der Waals surface area contributed by atoms with Gasteiger partial charge in [0, 0.05) is 12.1 Å². The first-order valence-electron chi connectivity index (χ1n) is 4.46. The number of hydrogen-bond acceptors (Lipinski definition) is 4. The lowest BCUT2D eigenvalue weighted by atomic mass is 10.2. The maximum atomic E-state index is 11.1. The second-order valence-electron chi connectivity index (χ2n) is 3.14. The Labute approximate surface area is 91.6 Å². The quantitative estimate of drug-likeness (QED) is 0.618. The molecule has 0 aliphatic heterocycles. The lowest BCUT2D eigenvalue weighted by molar-refractivity contribution is -0.384. The summed E-state index contributed by atoms with van der Waals surface area (Å²) in [5, 5.41) is 21.3. The molecular weight excluding hydrogens is 210 g/mol. The minimum atomic E-state index is -0.542. The molecule has 1 amide bonds. The lowest BCUT2D eigenvalue weighted by Crippen LogP contribution is -2.11. The van der Waals surface area contributed by atoms with Crippen LogP contribution in [0.25, 0.3) is 0 Å². The highest BCUT2D eigenvalue weighted by molar-refractivity contribution is 5.93. The predicted octanol–water partition coefficient (Wildman–Crippen LogP) is 1.76. The van der Waals surface area contributed by atoms with Crippen molar-refractivity contribution in [1.82, 2.24) is 0 Å². The summed E-state index contributed by atoms with van der Waals surface area (Å²) in [5.41, 5.74) is 0.962. The van der Waals surface area contributed by atoms with Crippen LogP contribution in [0.2, 0.25) is 0 Å². The summed E-state index contributed by atoms with van der Waals surface area (Å²) in [6.45, 7) is 1.71. The van der Waals surface area contributed by atoms with Crippen LogP contribution in [0.1, 0.15) is 12.0 Å². The number of nitro groups is 1. The van der Waals surface area contributed by atoms with Crippen molar-refractivity contribution in [3.8, 4) is 6.07 Å². The normalized spacial score (nSPS) is 9.25. The minimum Gasteiger partial charge on any atom is -0.325 e. The molecule has 0 saturated heterocycles. The van der Waals surface area contributed by atoms with Gasteiger partial charge in [-0.15, -0.1) is 0 Å². The fourth-order valence-corrected chi connectivity index (χ4v) is 1.12. The van der Waals surface area contributed by atoms with Crippen molar-refractivity contribution in [2.24, 2.45) is 0 Å². The van der Waals surface area contributed by atoms with Crippen molar-refractivity contribution in [3.63, 3.8) is 0 Å². The number of nitrogens with one attached hydrogen (secondary N) is 1. The smallest absolute Gasteiger partial charge is 0.271 e. The van der Waals surface area contributed by atoms with Crippen molar-refractivity contribution in [2.45, 2.75) is 13.3 Å². The van der Waals surface area contributed by atoms with E-state index in [4.69, 9.17) is 5.26 Å². The number of non-ortho nitro benzene ring substituents is 1. The summed E-state index contributed by atoms with van der Waals surface area (Å²) in [5.74, 6) is -0.480. The van der Waals surface area contributed by atoms with E-state index in [2.05, 4.69) is 5.32 Å². The van der Waals surface area contributed by atoms with E-state index in [9.17, 15) is 14.9 Å². The van der Waals surface area contributed by atoms with Gasteiger partial charge in [0.25, 0.3) is 5.69 Å². The number of nitriles is 1. The highest BCUT2D eigenvalue weighted by Crippen LogP contribution is 2.21. The largest absolute Gasteiger partial charge is 0.325 e. The van der Waals surface area contributed by atoms with Crippen LogP contribution in [-0.2, 0) is 4.79 Å². The Morgan fingerprint density at radius 3 is 2.88 bits per heavy atom. The van der Waals surface area contributed by atoms with Gasteiger partial charge >= 0.3 is 0 Å². The molecule has 0 radical (unpaired) electrons. The van der Waals surface area contributed by atoms with Crippen LogP contribution >= 0.6 is 0 Å². The van der Waals surface area contributed by atoms with Gasteiger partial charge in [0.05, 0.1) is 16.7 Å². The molecule has 1 rings (SSSR count). The van der Waals surface area contributed by atoms with Crippen LogP contribution < -0.4 is 5.32 Å². The fraction of sp³-hybridized carbons (Fsp3) is 0.200. The van der Waals surface area contributed by atoms with Gasteiger partial charge in [-0.05, 0) is 12.5 Å². The maximum absolute atomic E-state index is 11.1. The van der Waals surface area contributed by atoms with E-state index < -0.39 is 10.8 Å². The number of nitro benzene ring substituents is 1. The number of anilines is 1. The predicted molar refractivity (Wildman–Crippen MR) is 56.7 cm³/mol. The molecule has 1 aromatic carbocycles. The van der Waals surface area contributed by atoms with Crippen LogP contribution in [0.5, 0.6) is 0 Å². The van der Waals surface area contributed by atoms with Crippen molar-refractivity contribution < 1.29 is 9.72 Å². The fourth-order valence-electron chi connectivity index (χ4n) is 1.12. The second-order valence-corrected chi connectivity index (χ2v) is 3.14. The van der Waals surface area contributed by atoms with Crippen LogP contribution in [-0.4, -0.2) is 10.8 Å². The van der Waals surface area contributed by atoms with Gasteiger partial charge < -0.3 is 5.32 Å². The molecule has 0 heterocycles. The van der Waals surface area contributed by atoms with Gasteiger partial charge in [-0.25, -0.2) is 0 Å². The summed E-state index contributed by atoms with van der Waals surface area (Å²) in [6, 6.07) is 5.87. The SMILES string of the molecule is Cc1ccc([N+](=O)[O-])cc1NC(=O)CC#N. The Morgan fingerprint density at radius 1 is 1.62 bits per heavy atom. The number of amides is 1. The lowest BCUT2D eigenvalue weighted by Gasteiger charge is -2.05. The second kappa shape index (κ2) is 4.89. The Kier molecular flexibility index (Phi) is 3.56. The summed E-state index contributed by atoms with van der Waals surface area (Å²) >= 11 is 0. The summed E-state index contributed by atoms with van der Waals surface area (Å²) in [6.07, 6.45) is -0.276. The molecule has 0 unspecified atom stereocenters. The molecule has 0 fully saturated rings.